The number of halogens is 1. The molecule has 0 radical (unpaired) electrons. The number of methoxy groups -OCH3 is 1. The third-order valence-corrected chi connectivity index (χ3v) is 3.25. The number of aromatic nitrogens is 2. The second kappa shape index (κ2) is 5.07. The molecule has 0 fully saturated rings. The first-order valence-corrected chi connectivity index (χ1v) is 6.25. The molecule has 0 saturated heterocycles. The van der Waals surface area contributed by atoms with Crippen molar-refractivity contribution in [3.8, 4) is 0 Å². The van der Waals surface area contributed by atoms with Gasteiger partial charge in [-0.3, -0.25) is 0 Å². The molecule has 2 rings (SSSR count). The van der Waals surface area contributed by atoms with Crippen LogP contribution in [0.3, 0.4) is 0 Å². The number of fused-ring (bicyclic) bond motifs is 1. The lowest BCUT2D eigenvalue weighted by atomic mass is 10.1. The van der Waals surface area contributed by atoms with E-state index in [1.54, 1.807) is 15.8 Å². The van der Waals surface area contributed by atoms with Crippen molar-refractivity contribution in [1.29, 1.82) is 0 Å². The lowest BCUT2D eigenvalue weighted by Crippen LogP contribution is -2.18. The van der Waals surface area contributed by atoms with Crippen LogP contribution in [0.25, 0.3) is 10.9 Å². The highest BCUT2D eigenvalue weighted by Gasteiger charge is 2.14. The number of esters is 1. The normalized spacial score (nSPS) is 12.7. The molecule has 96 valence electrons. The Morgan fingerprint density at radius 2 is 2.33 bits per heavy atom. The van der Waals surface area contributed by atoms with Crippen LogP contribution < -0.4 is 5.73 Å². The van der Waals surface area contributed by atoms with E-state index in [1.165, 1.54) is 7.11 Å². The summed E-state index contributed by atoms with van der Waals surface area (Å²) in [5.74, 6) is -0.366. The first-order valence-electron chi connectivity index (χ1n) is 5.54. The summed E-state index contributed by atoms with van der Waals surface area (Å²) in [6, 6.07) is 5.35. The quantitative estimate of drug-likeness (QED) is 0.879. The molecule has 1 atom stereocenters. The summed E-state index contributed by atoms with van der Waals surface area (Å²) in [6.07, 6.45) is 0.708. The Morgan fingerprint density at radius 1 is 1.61 bits per heavy atom. The Hall–Kier alpha value is -1.40. The molecule has 1 aromatic carbocycles. The van der Waals surface area contributed by atoms with Gasteiger partial charge in [-0.2, -0.15) is 5.10 Å². The molecule has 1 unspecified atom stereocenters. The van der Waals surface area contributed by atoms with E-state index < -0.39 is 0 Å². The van der Waals surface area contributed by atoms with Gasteiger partial charge >= 0.3 is 5.97 Å². The Morgan fingerprint density at radius 3 is 2.94 bits per heavy atom. The Bertz CT molecular complexity index is 592. The number of carbonyl (C=O) groups excluding carboxylic acids is 1. The van der Waals surface area contributed by atoms with Crippen molar-refractivity contribution in [3.05, 3.63) is 29.5 Å². The Labute approximate surface area is 113 Å². The lowest BCUT2D eigenvalue weighted by Gasteiger charge is -2.04. The average Bonchev–Trinajstić information content (AvgIpc) is 2.63. The molecule has 0 saturated carbocycles. The highest BCUT2D eigenvalue weighted by Crippen LogP contribution is 2.22. The maximum absolute atomic E-state index is 11.4. The molecule has 2 aromatic rings. The summed E-state index contributed by atoms with van der Waals surface area (Å²) in [7, 11) is 1.36. The van der Waals surface area contributed by atoms with Gasteiger partial charge in [-0.15, -0.1) is 0 Å². The molecule has 2 N–H and O–H groups in total. The predicted molar refractivity (Wildman–Crippen MR) is 72.8 cm³/mol. The van der Waals surface area contributed by atoms with Gasteiger partial charge < -0.3 is 10.5 Å². The number of hydrogen-bond acceptors (Lipinski definition) is 4. The van der Waals surface area contributed by atoms with Crippen molar-refractivity contribution >= 4 is 33.0 Å². The van der Waals surface area contributed by atoms with Crippen molar-refractivity contribution in [2.24, 2.45) is 5.73 Å². The molecule has 18 heavy (non-hydrogen) atoms. The van der Waals surface area contributed by atoms with Crippen molar-refractivity contribution in [2.75, 3.05) is 7.11 Å². The zero-order valence-electron chi connectivity index (χ0n) is 10.2. The number of benzene rings is 1. The summed E-state index contributed by atoms with van der Waals surface area (Å²) in [5, 5.41) is 5.30. The molecule has 0 aliphatic carbocycles. The van der Waals surface area contributed by atoms with Crippen molar-refractivity contribution in [3.63, 3.8) is 0 Å². The van der Waals surface area contributed by atoms with Crippen LogP contribution in [0, 0.1) is 0 Å². The van der Waals surface area contributed by atoms with Gasteiger partial charge in [0.1, 0.15) is 0 Å². The fourth-order valence-corrected chi connectivity index (χ4v) is 2.35. The lowest BCUT2D eigenvalue weighted by molar-refractivity contribution is 0.0601. The maximum atomic E-state index is 11.4. The largest absolute Gasteiger partial charge is 0.465 e. The van der Waals surface area contributed by atoms with Crippen LogP contribution >= 0.6 is 16.1 Å². The van der Waals surface area contributed by atoms with Crippen LogP contribution in [0.15, 0.2) is 18.2 Å². The van der Waals surface area contributed by atoms with Crippen molar-refractivity contribution in [1.82, 2.24) is 8.81 Å². The molecule has 0 spiro atoms. The predicted octanol–water partition coefficient (Wildman–Crippen LogP) is 1.87. The number of nitrogens with two attached hydrogens (primary N) is 1. The number of nitrogens with zero attached hydrogens (tertiary/aromatic N) is 2. The zero-order valence-corrected chi connectivity index (χ0v) is 11.8. The first-order chi connectivity index (χ1) is 8.52. The van der Waals surface area contributed by atoms with Crippen molar-refractivity contribution < 1.29 is 9.53 Å². The Balaban J connectivity index is 2.51. The fraction of sp³-hybridized carbons (Fsp3) is 0.333. The van der Waals surface area contributed by atoms with Gasteiger partial charge in [0.05, 0.1) is 40.0 Å². The van der Waals surface area contributed by atoms with Crippen LogP contribution in [0.2, 0.25) is 0 Å². The van der Waals surface area contributed by atoms with Gasteiger partial charge in [0, 0.05) is 17.8 Å². The SMILES string of the molecule is COC(=O)c1ccc2c(CC(C)N)n(Br)nc2c1. The summed E-state index contributed by atoms with van der Waals surface area (Å²) >= 11 is 3.35. The molecular weight excluding hydrogens is 298 g/mol. The van der Waals surface area contributed by atoms with Crippen LogP contribution in [-0.2, 0) is 11.2 Å². The van der Waals surface area contributed by atoms with Gasteiger partial charge in [0.15, 0.2) is 0 Å². The van der Waals surface area contributed by atoms with E-state index >= 15 is 0 Å². The summed E-state index contributed by atoms with van der Waals surface area (Å²) in [6.45, 7) is 1.94. The minimum absolute atomic E-state index is 0.0430. The first kappa shape index (κ1) is 13.0. The van der Waals surface area contributed by atoms with Crippen LogP contribution in [0.4, 0.5) is 0 Å². The third-order valence-electron chi connectivity index (χ3n) is 2.66. The standard InChI is InChI=1S/C12H14BrN3O2/c1-7(14)5-11-9-4-3-8(12(17)18-2)6-10(9)15-16(11)13/h3-4,6-7H,5,14H2,1-2H3. The van der Waals surface area contributed by atoms with E-state index in [-0.39, 0.29) is 12.0 Å². The highest BCUT2D eigenvalue weighted by molar-refractivity contribution is 9.08. The fourth-order valence-electron chi connectivity index (χ4n) is 1.85. The van der Waals surface area contributed by atoms with E-state index in [0.717, 1.165) is 16.6 Å². The van der Waals surface area contributed by atoms with Gasteiger partial charge in [0.2, 0.25) is 0 Å². The number of carbonyl (C=O) groups is 1. The Kier molecular flexibility index (Phi) is 3.68. The molecule has 1 heterocycles. The highest BCUT2D eigenvalue weighted by atomic mass is 79.9. The second-order valence-electron chi connectivity index (χ2n) is 4.21. The molecule has 1 aromatic heterocycles. The maximum Gasteiger partial charge on any atom is 0.337 e. The van der Waals surface area contributed by atoms with E-state index in [1.807, 2.05) is 13.0 Å². The van der Waals surface area contributed by atoms with Gasteiger partial charge in [-0.05, 0) is 19.1 Å². The molecule has 0 amide bonds. The number of rotatable bonds is 3. The van der Waals surface area contributed by atoms with Crippen molar-refractivity contribution in [2.45, 2.75) is 19.4 Å². The van der Waals surface area contributed by atoms with Crippen LogP contribution in [0.1, 0.15) is 23.0 Å². The molecule has 0 aliphatic heterocycles. The number of hydrogen-bond donors (Lipinski definition) is 1. The van der Waals surface area contributed by atoms with Crippen LogP contribution in [0.5, 0.6) is 0 Å². The smallest absolute Gasteiger partial charge is 0.337 e. The summed E-state index contributed by atoms with van der Waals surface area (Å²) < 4.78 is 6.31. The molecule has 5 nitrogen and oxygen atoms in total. The van der Waals surface area contributed by atoms with E-state index in [9.17, 15) is 4.79 Å². The average molecular weight is 312 g/mol. The molecule has 6 heteroatoms. The molecule has 0 bridgehead atoms. The van der Waals surface area contributed by atoms with Crippen LogP contribution in [-0.4, -0.2) is 27.9 Å². The molecule has 0 aliphatic rings. The molecular formula is C12H14BrN3O2. The summed E-state index contributed by atoms with van der Waals surface area (Å²) in [5.41, 5.74) is 8.03. The monoisotopic (exact) mass is 311 g/mol. The van der Waals surface area contributed by atoms with Gasteiger partial charge in [-0.1, -0.05) is 6.07 Å². The third kappa shape index (κ3) is 2.39. The number of ether oxygens (including phenoxy) is 1. The zero-order chi connectivity index (χ0) is 13.3. The van der Waals surface area contributed by atoms with E-state index in [2.05, 4.69) is 26.0 Å². The van der Waals surface area contributed by atoms with Gasteiger partial charge in [-0.25, -0.2) is 8.50 Å². The van der Waals surface area contributed by atoms with Gasteiger partial charge in [0.25, 0.3) is 0 Å². The van der Waals surface area contributed by atoms with E-state index in [4.69, 9.17) is 5.73 Å². The van der Waals surface area contributed by atoms with E-state index in [0.29, 0.717) is 12.0 Å². The second-order valence-corrected chi connectivity index (χ2v) is 4.88. The topological polar surface area (TPSA) is 70.1 Å². The minimum Gasteiger partial charge on any atom is -0.465 e. The minimum atomic E-state index is -0.366. The summed E-state index contributed by atoms with van der Waals surface area (Å²) in [4.78, 5) is 11.4.